The number of rotatable bonds is 18. The second-order valence-electron chi connectivity index (χ2n) is 15.7. The molecule has 2 aromatic heterocycles. The third-order valence-electron chi connectivity index (χ3n) is 12.0. The maximum absolute atomic E-state index is 13.8. The smallest absolute Gasteiger partial charge is 0.384 e. The first-order valence-corrected chi connectivity index (χ1v) is 20.2. The van der Waals surface area contributed by atoms with E-state index in [1.807, 2.05) is 0 Å². The molecule has 4 saturated heterocycles. The maximum atomic E-state index is 13.8. The summed E-state index contributed by atoms with van der Waals surface area (Å²) in [5, 5.41) is 57.1. The van der Waals surface area contributed by atoms with Crippen LogP contribution in [0.3, 0.4) is 0 Å². The number of carbonyl (C=O) groups is 2. The zero-order valence-corrected chi connectivity index (χ0v) is 31.7. The molecule has 6 heterocycles. The molecular formula is C32H48N14O10S. The van der Waals surface area contributed by atoms with E-state index in [2.05, 4.69) is 31.6 Å². The number of fused-ring (bicyclic) bond motifs is 6. The number of nitrogens with one attached hydrogen (secondary N) is 6. The monoisotopic (exact) mass is 820 g/mol. The zero-order chi connectivity index (χ0) is 40.3. The summed E-state index contributed by atoms with van der Waals surface area (Å²) in [7, 11) is -4.99. The van der Waals surface area contributed by atoms with Crippen LogP contribution in [-0.4, -0.2) is 137 Å². The molecule has 4 aliphatic heterocycles. The van der Waals surface area contributed by atoms with Gasteiger partial charge < -0.3 is 61.8 Å². The van der Waals surface area contributed by atoms with E-state index in [1.165, 1.54) is 9.80 Å². The van der Waals surface area contributed by atoms with E-state index in [0.717, 1.165) is 35.8 Å². The Morgan fingerprint density at radius 3 is 1.56 bits per heavy atom. The number of hydrogen-bond donors (Lipinski definition) is 10. The summed E-state index contributed by atoms with van der Waals surface area (Å²) < 4.78 is 49.0. The van der Waals surface area contributed by atoms with Crippen LogP contribution in [0.1, 0.15) is 85.7 Å². The van der Waals surface area contributed by atoms with Crippen LogP contribution in [0.2, 0.25) is 0 Å². The average molecular weight is 821 g/mol. The van der Waals surface area contributed by atoms with Crippen LogP contribution >= 0.6 is 0 Å². The summed E-state index contributed by atoms with van der Waals surface area (Å²) in [6, 6.07) is -0.539. The highest BCUT2D eigenvalue weighted by atomic mass is 32.3. The first kappa shape index (κ1) is 39.1. The molecule has 0 radical (unpaired) electrons. The predicted molar refractivity (Wildman–Crippen MR) is 193 cm³/mol. The number of carbonyl (C=O) groups excluding carboxylic acids is 2. The average Bonchev–Trinajstić information content (AvgIpc) is 3.85. The normalized spacial score (nSPS) is 26.4. The van der Waals surface area contributed by atoms with Crippen molar-refractivity contribution < 1.29 is 45.8 Å². The summed E-state index contributed by atoms with van der Waals surface area (Å²) in [5.41, 5.74) is 10.5. The standard InChI is InChI=1S/C32H48N14O10S/c33-27(34)39-7-5-37-13-21(47)23-9-17(41-53-23)19-11-31(1-2-31)25-15-43(19)29(49)45(25)55-57(51,52)56-46-26-16-44(30(46)50)20(12-32(26)3-4-32)18-10-24(54-42-18)22(48)14-38-6-8-40-28(35)36/h9-10,19-22,25-26,37-38,47-48H,1-8,11-16H2,(H4,33,34,39)(H4,35,36,40)/t19-,20-,21-,22-,25-,26-/m0/s1. The lowest BCUT2D eigenvalue weighted by Gasteiger charge is -2.36. The molecule has 57 heavy (non-hydrogen) atoms. The van der Waals surface area contributed by atoms with Gasteiger partial charge in [-0.25, -0.2) is 9.59 Å². The van der Waals surface area contributed by atoms with Gasteiger partial charge in [0.15, 0.2) is 23.4 Å². The minimum atomic E-state index is -4.99. The molecule has 12 N–H and O–H groups in total. The molecule has 4 bridgehead atoms. The molecule has 4 amide bonds. The van der Waals surface area contributed by atoms with E-state index in [1.54, 1.807) is 12.1 Å². The van der Waals surface area contributed by atoms with Crippen molar-refractivity contribution in [1.82, 2.24) is 51.5 Å². The fourth-order valence-corrected chi connectivity index (χ4v) is 9.41. The van der Waals surface area contributed by atoms with Crippen LogP contribution in [0, 0.1) is 21.6 Å². The molecule has 25 heteroatoms. The first-order chi connectivity index (χ1) is 27.2. The number of amides is 4. The van der Waals surface area contributed by atoms with E-state index >= 15 is 0 Å². The highest BCUT2D eigenvalue weighted by molar-refractivity contribution is 7.81. The fourth-order valence-electron chi connectivity index (χ4n) is 8.65. The maximum Gasteiger partial charge on any atom is 0.442 e. The molecule has 2 aromatic rings. The Kier molecular flexibility index (Phi) is 10.2. The van der Waals surface area contributed by atoms with Gasteiger partial charge in [-0.3, -0.25) is 10.8 Å². The minimum Gasteiger partial charge on any atom is -0.384 e. The van der Waals surface area contributed by atoms with Crippen molar-refractivity contribution in [2.24, 2.45) is 22.3 Å². The number of nitrogens with two attached hydrogens (primary N) is 2. The molecule has 24 nitrogen and oxygen atoms in total. The van der Waals surface area contributed by atoms with Crippen molar-refractivity contribution in [1.29, 1.82) is 10.8 Å². The molecule has 0 aromatic carbocycles. The molecule has 6 fully saturated rings. The third kappa shape index (κ3) is 7.66. The van der Waals surface area contributed by atoms with Crippen molar-refractivity contribution in [2.45, 2.75) is 74.9 Å². The second-order valence-corrected chi connectivity index (χ2v) is 16.8. The summed E-state index contributed by atoms with van der Waals surface area (Å²) in [5.74, 6) is 0.0673. The minimum absolute atomic E-state index is 0.139. The molecule has 8 rings (SSSR count). The van der Waals surface area contributed by atoms with Crippen LogP contribution in [0.25, 0.3) is 0 Å². The summed E-state index contributed by atoms with van der Waals surface area (Å²) in [6.45, 7) is 2.25. The van der Waals surface area contributed by atoms with Gasteiger partial charge in [0.2, 0.25) is 0 Å². The lowest BCUT2D eigenvalue weighted by Crippen LogP contribution is -2.45. The van der Waals surface area contributed by atoms with Gasteiger partial charge in [-0.2, -0.15) is 18.5 Å². The topological polar surface area (TPSA) is 340 Å². The molecule has 2 spiro atoms. The van der Waals surface area contributed by atoms with Gasteiger partial charge in [0.05, 0.1) is 24.2 Å². The number of urea groups is 2. The summed E-state index contributed by atoms with van der Waals surface area (Å²) >= 11 is 0. The third-order valence-corrected chi connectivity index (χ3v) is 12.7. The van der Waals surface area contributed by atoms with Crippen LogP contribution < -0.4 is 32.7 Å². The zero-order valence-electron chi connectivity index (χ0n) is 30.9. The molecule has 6 aliphatic rings. The van der Waals surface area contributed by atoms with Gasteiger partial charge in [0, 0.05) is 64.5 Å². The van der Waals surface area contributed by atoms with Gasteiger partial charge >= 0.3 is 22.5 Å². The Labute approximate surface area is 326 Å². The number of hydroxylamine groups is 4. The lowest BCUT2D eigenvalue weighted by molar-refractivity contribution is -0.101. The second kappa shape index (κ2) is 14.9. The van der Waals surface area contributed by atoms with E-state index in [4.69, 9.17) is 39.9 Å². The lowest BCUT2D eigenvalue weighted by atomic mass is 9.84. The van der Waals surface area contributed by atoms with Gasteiger partial charge in [-0.1, -0.05) is 10.3 Å². The van der Waals surface area contributed by atoms with Crippen molar-refractivity contribution in [3.8, 4) is 0 Å². The van der Waals surface area contributed by atoms with E-state index in [9.17, 15) is 28.2 Å². The Hall–Kier alpha value is -4.79. The molecule has 312 valence electrons. The van der Waals surface area contributed by atoms with E-state index < -0.39 is 69.7 Å². The quantitative estimate of drug-likeness (QED) is 0.0457. The van der Waals surface area contributed by atoms with Gasteiger partial charge in [-0.05, 0) is 49.4 Å². The highest BCUT2D eigenvalue weighted by Crippen LogP contribution is 2.63. The number of hydrogen-bond acceptors (Lipinski definition) is 16. The van der Waals surface area contributed by atoms with Crippen LogP contribution in [0.5, 0.6) is 0 Å². The van der Waals surface area contributed by atoms with Crippen molar-refractivity contribution in [3.63, 3.8) is 0 Å². The fraction of sp³-hybridized carbons (Fsp3) is 0.688. The number of aromatic nitrogens is 2. The Balaban J connectivity index is 0.899. The molecule has 2 aliphatic carbocycles. The van der Waals surface area contributed by atoms with Gasteiger partial charge in [-0.15, -0.1) is 8.57 Å². The number of aliphatic hydroxyl groups excluding tert-OH is 2. The molecular weight excluding hydrogens is 773 g/mol. The summed E-state index contributed by atoms with van der Waals surface area (Å²) in [6.07, 6.45) is 1.77. The number of aliphatic hydroxyl groups is 2. The number of guanidine groups is 2. The Bertz CT molecular complexity index is 1860. The van der Waals surface area contributed by atoms with Crippen molar-refractivity contribution in [2.75, 3.05) is 52.4 Å². The largest absolute Gasteiger partial charge is 0.442 e. The van der Waals surface area contributed by atoms with Gasteiger partial charge in [0.25, 0.3) is 0 Å². The Morgan fingerprint density at radius 2 is 1.19 bits per heavy atom. The molecule has 6 atom stereocenters. The highest BCUT2D eigenvalue weighted by Gasteiger charge is 2.66. The van der Waals surface area contributed by atoms with Gasteiger partial charge in [0.1, 0.15) is 23.6 Å². The van der Waals surface area contributed by atoms with E-state index in [-0.39, 0.29) is 49.6 Å². The van der Waals surface area contributed by atoms with Crippen molar-refractivity contribution >= 4 is 34.4 Å². The predicted octanol–water partition coefficient (Wildman–Crippen LogP) is -1.65. The number of nitrogens with zero attached hydrogens (tertiary/aromatic N) is 6. The molecule has 2 saturated carbocycles. The SMILES string of the molecule is N=C(N)NCCNC[C@H](O)c1cc([C@@H]2CC3(CC3)[C@@H]3CN2C(=O)N3OS(=O)(=O)ON2C(=O)N3C[C@H]2C2(CC2)C[C@H]3c2cc([C@@H](O)CNCCNC(=N)N)on2)no1. The van der Waals surface area contributed by atoms with Crippen molar-refractivity contribution in [3.05, 3.63) is 35.0 Å². The van der Waals surface area contributed by atoms with Crippen LogP contribution in [-0.2, 0) is 19.0 Å². The van der Waals surface area contributed by atoms with E-state index in [0.29, 0.717) is 50.4 Å². The first-order valence-electron chi connectivity index (χ1n) is 18.9. The van der Waals surface area contributed by atoms with Crippen LogP contribution in [0.4, 0.5) is 9.59 Å². The number of piperidine rings is 2. The Morgan fingerprint density at radius 1 is 0.789 bits per heavy atom. The van der Waals surface area contributed by atoms with Crippen LogP contribution in [0.15, 0.2) is 21.2 Å². The molecule has 0 unspecified atom stereocenters. The summed E-state index contributed by atoms with van der Waals surface area (Å²) in [4.78, 5) is 30.6.